The van der Waals surface area contributed by atoms with Gasteiger partial charge in [0.05, 0.1) is 13.2 Å². The number of thiazole rings is 1. The second kappa shape index (κ2) is 9.54. The van der Waals surface area contributed by atoms with Crippen molar-refractivity contribution in [1.82, 2.24) is 9.47 Å². The highest BCUT2D eigenvalue weighted by atomic mass is 32.1. The lowest BCUT2D eigenvalue weighted by atomic mass is 9.99. The Bertz CT molecular complexity index is 903. The van der Waals surface area contributed by atoms with E-state index in [9.17, 15) is 9.59 Å². The van der Waals surface area contributed by atoms with Crippen molar-refractivity contribution in [2.75, 3.05) is 19.8 Å². The summed E-state index contributed by atoms with van der Waals surface area (Å²) in [7, 11) is 0. The van der Waals surface area contributed by atoms with Crippen LogP contribution in [0.2, 0.25) is 0 Å². The number of hydrogen-bond donors (Lipinski definition) is 0. The summed E-state index contributed by atoms with van der Waals surface area (Å²) in [4.78, 5) is 30.3. The maximum absolute atomic E-state index is 12.3. The summed E-state index contributed by atoms with van der Waals surface area (Å²) < 4.78 is 12.1. The van der Waals surface area contributed by atoms with Crippen molar-refractivity contribution >= 4 is 23.5 Å². The molecule has 0 saturated carbocycles. The summed E-state index contributed by atoms with van der Waals surface area (Å²) in [5.74, 6) is 0. The number of hydrogen-bond acceptors (Lipinski definition) is 5. The van der Waals surface area contributed by atoms with Gasteiger partial charge in [-0.25, -0.2) is 9.59 Å². The van der Waals surface area contributed by atoms with Crippen LogP contribution in [-0.4, -0.2) is 41.4 Å². The average Bonchev–Trinajstić information content (AvgIpc) is 3.15. The molecule has 7 nitrogen and oxygen atoms in total. The van der Waals surface area contributed by atoms with Crippen molar-refractivity contribution in [3.63, 3.8) is 0 Å². The molecule has 1 aromatic carbocycles. The lowest BCUT2D eigenvalue weighted by Crippen LogP contribution is -2.36. The first-order valence-electron chi connectivity index (χ1n) is 9.54. The molecule has 0 N–H and O–H groups in total. The van der Waals surface area contributed by atoms with Crippen LogP contribution in [0.4, 0.5) is 9.59 Å². The summed E-state index contributed by atoms with van der Waals surface area (Å²) in [5, 5.41) is 1.87. The van der Waals surface area contributed by atoms with Crippen molar-refractivity contribution in [2.24, 2.45) is 4.99 Å². The number of carbonyl (C=O) groups is 2. The fourth-order valence-electron chi connectivity index (χ4n) is 3.03. The molecule has 0 radical (unpaired) electrons. The molecular formula is C20H25N3O4S. The summed E-state index contributed by atoms with van der Waals surface area (Å²) in [6.07, 6.45) is 3.68. The minimum atomic E-state index is -0.599. The van der Waals surface area contributed by atoms with E-state index in [-0.39, 0.29) is 12.7 Å². The van der Waals surface area contributed by atoms with Crippen LogP contribution in [0.1, 0.15) is 37.8 Å². The Hall–Kier alpha value is -2.61. The molecule has 0 bridgehead atoms. The van der Waals surface area contributed by atoms with Crippen LogP contribution >= 0.6 is 11.3 Å². The van der Waals surface area contributed by atoms with Gasteiger partial charge in [0.15, 0.2) is 0 Å². The van der Waals surface area contributed by atoms with Gasteiger partial charge >= 0.3 is 12.2 Å². The first kappa shape index (κ1) is 20.1. The molecule has 0 aliphatic carbocycles. The Kier molecular flexibility index (Phi) is 6.86. The van der Waals surface area contributed by atoms with E-state index >= 15 is 0 Å². The molecule has 3 rings (SSSR count). The van der Waals surface area contributed by atoms with Gasteiger partial charge in [-0.2, -0.15) is 0 Å². The van der Waals surface area contributed by atoms with Crippen LogP contribution in [0.5, 0.6) is 0 Å². The van der Waals surface area contributed by atoms with E-state index < -0.39 is 6.09 Å². The number of ether oxygens (including phenoxy) is 2. The van der Waals surface area contributed by atoms with Crippen molar-refractivity contribution < 1.29 is 19.1 Å². The SMILES string of the molecule is CCCCOC(=O)N1CCc2ccc(-n3ccs/c3=N\C(=O)OCC)cc2C1. The van der Waals surface area contributed by atoms with E-state index in [1.165, 1.54) is 16.9 Å². The number of amides is 2. The van der Waals surface area contributed by atoms with Crippen LogP contribution in [0.15, 0.2) is 34.8 Å². The number of nitrogens with zero attached hydrogens (tertiary/aromatic N) is 3. The van der Waals surface area contributed by atoms with Crippen LogP contribution in [-0.2, 0) is 22.4 Å². The highest BCUT2D eigenvalue weighted by molar-refractivity contribution is 7.07. The average molecular weight is 404 g/mol. The molecule has 8 heteroatoms. The third-order valence-electron chi connectivity index (χ3n) is 4.51. The van der Waals surface area contributed by atoms with E-state index in [0.29, 0.717) is 24.5 Å². The third kappa shape index (κ3) is 4.81. The second-order valence-electron chi connectivity index (χ2n) is 6.46. The molecule has 28 heavy (non-hydrogen) atoms. The molecule has 1 aliphatic heterocycles. The molecule has 0 saturated heterocycles. The van der Waals surface area contributed by atoms with Crippen molar-refractivity contribution in [1.29, 1.82) is 0 Å². The number of benzene rings is 1. The summed E-state index contributed by atoms with van der Waals surface area (Å²) in [5.41, 5.74) is 3.20. The Morgan fingerprint density at radius 3 is 2.86 bits per heavy atom. The Balaban J connectivity index is 1.80. The minimum absolute atomic E-state index is 0.259. The Morgan fingerprint density at radius 2 is 2.07 bits per heavy atom. The van der Waals surface area contributed by atoms with Gasteiger partial charge in [0.1, 0.15) is 0 Å². The largest absolute Gasteiger partial charge is 0.449 e. The van der Waals surface area contributed by atoms with Crippen LogP contribution in [0.25, 0.3) is 5.69 Å². The van der Waals surface area contributed by atoms with Gasteiger partial charge in [0.25, 0.3) is 0 Å². The van der Waals surface area contributed by atoms with Gasteiger partial charge in [-0.05, 0) is 43.0 Å². The Labute approximate surface area is 168 Å². The zero-order valence-corrected chi connectivity index (χ0v) is 17.0. The highest BCUT2D eigenvalue weighted by Crippen LogP contribution is 2.22. The summed E-state index contributed by atoms with van der Waals surface area (Å²) >= 11 is 1.36. The predicted molar refractivity (Wildman–Crippen MR) is 107 cm³/mol. The molecule has 0 unspecified atom stereocenters. The van der Waals surface area contributed by atoms with Crippen molar-refractivity contribution in [3.8, 4) is 5.69 Å². The summed E-state index contributed by atoms with van der Waals surface area (Å²) in [6.45, 7) is 5.74. The molecule has 1 aromatic heterocycles. The molecule has 0 fully saturated rings. The molecular weight excluding hydrogens is 378 g/mol. The minimum Gasteiger partial charge on any atom is -0.449 e. The zero-order chi connectivity index (χ0) is 19.9. The van der Waals surface area contributed by atoms with E-state index in [0.717, 1.165) is 30.5 Å². The molecule has 2 aromatic rings. The van der Waals surface area contributed by atoms with Gasteiger partial charge in [0.2, 0.25) is 4.80 Å². The number of aromatic nitrogens is 1. The van der Waals surface area contributed by atoms with Crippen LogP contribution in [0.3, 0.4) is 0 Å². The summed E-state index contributed by atoms with van der Waals surface area (Å²) in [6, 6.07) is 6.12. The fraction of sp³-hybridized carbons (Fsp3) is 0.450. The maximum atomic E-state index is 12.3. The smallest absolute Gasteiger partial charge is 0.436 e. The molecule has 2 heterocycles. The van der Waals surface area contributed by atoms with Gasteiger partial charge in [-0.3, -0.25) is 4.57 Å². The topological polar surface area (TPSA) is 73.1 Å². The lowest BCUT2D eigenvalue weighted by Gasteiger charge is -2.28. The van der Waals surface area contributed by atoms with Gasteiger partial charge in [-0.1, -0.05) is 19.4 Å². The Morgan fingerprint density at radius 1 is 1.21 bits per heavy atom. The van der Waals surface area contributed by atoms with E-state index in [1.54, 1.807) is 11.8 Å². The number of fused-ring (bicyclic) bond motifs is 1. The van der Waals surface area contributed by atoms with Crippen molar-refractivity contribution in [2.45, 2.75) is 39.7 Å². The first-order chi connectivity index (χ1) is 13.6. The first-order valence-corrected chi connectivity index (χ1v) is 10.4. The van der Waals surface area contributed by atoms with E-state index in [2.05, 4.69) is 18.0 Å². The highest BCUT2D eigenvalue weighted by Gasteiger charge is 2.22. The van der Waals surface area contributed by atoms with Crippen LogP contribution in [0, 0.1) is 0 Å². The van der Waals surface area contributed by atoms with Gasteiger partial charge in [0, 0.05) is 30.4 Å². The standard InChI is InChI=1S/C20H25N3O4S/c1-3-5-11-27-20(25)22-9-8-15-6-7-17(13-16(15)14-22)23-10-12-28-18(23)21-19(24)26-4-2/h6-7,10,12-13H,3-5,8-9,11,14H2,1-2H3/b21-18-. The monoisotopic (exact) mass is 403 g/mol. The van der Waals surface area contributed by atoms with Crippen LogP contribution < -0.4 is 4.80 Å². The zero-order valence-electron chi connectivity index (χ0n) is 16.2. The molecule has 0 atom stereocenters. The predicted octanol–water partition coefficient (Wildman–Crippen LogP) is 3.89. The van der Waals surface area contributed by atoms with Gasteiger partial charge < -0.3 is 14.4 Å². The molecule has 0 spiro atoms. The number of carbonyl (C=O) groups excluding carboxylic acids is 2. The van der Waals surface area contributed by atoms with Gasteiger partial charge in [-0.15, -0.1) is 16.3 Å². The fourth-order valence-corrected chi connectivity index (χ4v) is 3.74. The third-order valence-corrected chi connectivity index (χ3v) is 5.26. The number of unbranched alkanes of at least 4 members (excludes halogenated alkanes) is 1. The van der Waals surface area contributed by atoms with E-state index in [1.807, 2.05) is 28.3 Å². The lowest BCUT2D eigenvalue weighted by molar-refractivity contribution is 0.0966. The normalized spacial score (nSPS) is 13.9. The maximum Gasteiger partial charge on any atom is 0.436 e. The molecule has 2 amide bonds. The molecule has 150 valence electrons. The number of rotatable bonds is 5. The second-order valence-corrected chi connectivity index (χ2v) is 7.33. The quantitative estimate of drug-likeness (QED) is 0.710. The van der Waals surface area contributed by atoms with Crippen molar-refractivity contribution in [3.05, 3.63) is 45.7 Å². The molecule has 1 aliphatic rings. The van der Waals surface area contributed by atoms with E-state index in [4.69, 9.17) is 9.47 Å².